The summed E-state index contributed by atoms with van der Waals surface area (Å²) in [6.07, 6.45) is 40.8. The molecule has 0 aromatic carbocycles. The number of rotatable bonds is 28. The van der Waals surface area contributed by atoms with Gasteiger partial charge in [0, 0.05) is 0 Å². The Kier molecular flexibility index (Phi) is 32.1. The van der Waals surface area contributed by atoms with Crippen molar-refractivity contribution in [3.8, 4) is 0 Å². The Morgan fingerprint density at radius 2 is 0.657 bits per heavy atom. The Hall–Kier alpha value is -0.0100. The number of quaternary nitrogens is 1. The van der Waals surface area contributed by atoms with Gasteiger partial charge in [0.25, 0.3) is 0 Å². The SMILES string of the molecule is CCC=C[N+](C)(CCCCCCCCCCCCCC)CCCCCCCCCCCCCC.[Cl-]. The van der Waals surface area contributed by atoms with Gasteiger partial charge in [-0.05, 0) is 38.2 Å². The van der Waals surface area contributed by atoms with Gasteiger partial charge in [-0.25, -0.2) is 0 Å². The highest BCUT2D eigenvalue weighted by atomic mass is 35.5. The van der Waals surface area contributed by atoms with Crippen LogP contribution in [0.4, 0.5) is 0 Å². The molecule has 0 aromatic heterocycles. The molecular formula is C33H68ClN. The van der Waals surface area contributed by atoms with E-state index in [1.807, 2.05) is 0 Å². The van der Waals surface area contributed by atoms with Gasteiger partial charge in [0.15, 0.2) is 0 Å². The van der Waals surface area contributed by atoms with Crippen LogP contribution < -0.4 is 12.4 Å². The van der Waals surface area contributed by atoms with E-state index >= 15 is 0 Å². The Bertz CT molecular complexity index is 378. The van der Waals surface area contributed by atoms with Gasteiger partial charge in [-0.2, -0.15) is 0 Å². The third-order valence-corrected chi connectivity index (χ3v) is 7.75. The first kappa shape index (κ1) is 37.1. The number of allylic oxidation sites excluding steroid dienone is 1. The second-order valence-corrected chi connectivity index (χ2v) is 11.5. The Balaban J connectivity index is 0. The van der Waals surface area contributed by atoms with E-state index in [-0.39, 0.29) is 12.4 Å². The zero-order valence-electron chi connectivity index (χ0n) is 25.1. The van der Waals surface area contributed by atoms with Crippen LogP contribution in [-0.4, -0.2) is 24.6 Å². The van der Waals surface area contributed by atoms with Gasteiger partial charge < -0.3 is 12.4 Å². The molecule has 0 heterocycles. The molecule has 0 fully saturated rings. The Morgan fingerprint density at radius 1 is 0.400 bits per heavy atom. The quantitative estimate of drug-likeness (QED) is 0.0724. The molecule has 0 amide bonds. The van der Waals surface area contributed by atoms with Crippen molar-refractivity contribution in [1.82, 2.24) is 0 Å². The minimum absolute atomic E-state index is 0. The van der Waals surface area contributed by atoms with Gasteiger partial charge in [-0.15, -0.1) is 0 Å². The molecule has 0 aliphatic heterocycles. The van der Waals surface area contributed by atoms with Crippen LogP contribution in [0.3, 0.4) is 0 Å². The predicted molar refractivity (Wildman–Crippen MR) is 158 cm³/mol. The van der Waals surface area contributed by atoms with Crippen LogP contribution in [-0.2, 0) is 0 Å². The summed E-state index contributed by atoms with van der Waals surface area (Å²) in [6.45, 7) is 9.56. The molecule has 0 unspecified atom stereocenters. The number of nitrogens with zero attached hydrogens (tertiary/aromatic N) is 1. The van der Waals surface area contributed by atoms with Gasteiger partial charge in [-0.3, -0.25) is 4.48 Å². The first-order valence-electron chi connectivity index (χ1n) is 16.2. The van der Waals surface area contributed by atoms with Crippen LogP contribution in [0.15, 0.2) is 12.3 Å². The molecule has 0 aliphatic rings. The first-order valence-corrected chi connectivity index (χ1v) is 16.2. The normalized spacial score (nSPS) is 11.9. The molecule has 1 nitrogen and oxygen atoms in total. The molecule has 0 bridgehead atoms. The van der Waals surface area contributed by atoms with Crippen molar-refractivity contribution in [2.45, 2.75) is 181 Å². The molecule has 2 heteroatoms. The van der Waals surface area contributed by atoms with Gasteiger partial charge in [0.05, 0.1) is 26.3 Å². The van der Waals surface area contributed by atoms with E-state index in [1.54, 1.807) is 0 Å². The summed E-state index contributed by atoms with van der Waals surface area (Å²) in [4.78, 5) is 0. The fraction of sp³-hybridized carbons (Fsp3) is 0.939. The second-order valence-electron chi connectivity index (χ2n) is 11.5. The smallest absolute Gasteiger partial charge is 0.0915 e. The van der Waals surface area contributed by atoms with E-state index in [0.29, 0.717) is 0 Å². The largest absolute Gasteiger partial charge is 1.00 e. The molecule has 0 rings (SSSR count). The third kappa shape index (κ3) is 28.4. The molecular weight excluding hydrogens is 446 g/mol. The lowest BCUT2D eigenvalue weighted by molar-refractivity contribution is -0.860. The number of halogens is 1. The van der Waals surface area contributed by atoms with Crippen LogP contribution in [0, 0.1) is 0 Å². The third-order valence-electron chi connectivity index (χ3n) is 7.75. The summed E-state index contributed by atoms with van der Waals surface area (Å²) in [5.41, 5.74) is 0. The minimum atomic E-state index is 0. The average molecular weight is 514 g/mol. The molecule has 0 aromatic rings. The summed E-state index contributed by atoms with van der Waals surface area (Å²) in [7, 11) is 2.48. The van der Waals surface area contributed by atoms with E-state index in [9.17, 15) is 0 Å². The van der Waals surface area contributed by atoms with Crippen molar-refractivity contribution in [2.75, 3.05) is 20.1 Å². The summed E-state index contributed by atoms with van der Waals surface area (Å²) in [5, 5.41) is 0. The highest BCUT2D eigenvalue weighted by molar-refractivity contribution is 4.72. The molecule has 0 N–H and O–H groups in total. The van der Waals surface area contributed by atoms with Crippen LogP contribution in [0.25, 0.3) is 0 Å². The summed E-state index contributed by atoms with van der Waals surface area (Å²) < 4.78 is 1.17. The lowest BCUT2D eigenvalue weighted by atomic mass is 10.0. The maximum absolute atomic E-state index is 2.51. The van der Waals surface area contributed by atoms with Crippen molar-refractivity contribution in [3.05, 3.63) is 12.3 Å². The topological polar surface area (TPSA) is 0 Å². The fourth-order valence-corrected chi connectivity index (χ4v) is 5.25. The van der Waals surface area contributed by atoms with Crippen molar-refractivity contribution in [3.63, 3.8) is 0 Å². The van der Waals surface area contributed by atoms with Crippen LogP contribution in [0.2, 0.25) is 0 Å². The van der Waals surface area contributed by atoms with Crippen molar-refractivity contribution in [1.29, 1.82) is 0 Å². The van der Waals surface area contributed by atoms with E-state index < -0.39 is 0 Å². The highest BCUT2D eigenvalue weighted by Crippen LogP contribution is 2.16. The van der Waals surface area contributed by atoms with E-state index in [4.69, 9.17) is 0 Å². The maximum Gasteiger partial charge on any atom is 0.0915 e. The Labute approximate surface area is 230 Å². The van der Waals surface area contributed by atoms with Crippen molar-refractivity contribution in [2.24, 2.45) is 0 Å². The van der Waals surface area contributed by atoms with Crippen molar-refractivity contribution >= 4 is 0 Å². The number of unbranched alkanes of at least 4 members (excludes halogenated alkanes) is 22. The van der Waals surface area contributed by atoms with Crippen LogP contribution >= 0.6 is 0 Å². The Morgan fingerprint density at radius 3 is 0.914 bits per heavy atom. The summed E-state index contributed by atoms with van der Waals surface area (Å²) in [6, 6.07) is 0. The molecule has 35 heavy (non-hydrogen) atoms. The molecule has 0 aliphatic carbocycles. The van der Waals surface area contributed by atoms with Gasteiger partial charge in [-0.1, -0.05) is 149 Å². The lowest BCUT2D eigenvalue weighted by Gasteiger charge is -2.30. The monoisotopic (exact) mass is 514 g/mol. The zero-order chi connectivity index (χ0) is 25.0. The number of hydrogen-bond acceptors (Lipinski definition) is 0. The zero-order valence-corrected chi connectivity index (χ0v) is 25.8. The standard InChI is InChI=1S/C33H68N.ClH/c1-5-8-11-13-15-17-19-21-23-25-27-29-32-34(4,31-10-7-3)33-30-28-26-24-22-20-18-16-14-12-9-6-2;/h10,31H,5-9,11-30,32-33H2,1-4H3;1H/q+1;/p-1. The van der Waals surface area contributed by atoms with Crippen molar-refractivity contribution < 1.29 is 16.9 Å². The van der Waals surface area contributed by atoms with E-state index in [2.05, 4.69) is 40.1 Å². The van der Waals surface area contributed by atoms with E-state index in [0.717, 1.165) is 0 Å². The van der Waals surface area contributed by atoms with Gasteiger partial charge in [0.2, 0.25) is 0 Å². The molecule has 0 saturated heterocycles. The highest BCUT2D eigenvalue weighted by Gasteiger charge is 2.17. The predicted octanol–water partition coefficient (Wildman–Crippen LogP) is 8.76. The fourth-order valence-electron chi connectivity index (χ4n) is 5.25. The molecule has 0 radical (unpaired) electrons. The second kappa shape index (κ2) is 30.2. The van der Waals surface area contributed by atoms with Gasteiger partial charge >= 0.3 is 0 Å². The first-order chi connectivity index (χ1) is 16.7. The lowest BCUT2D eigenvalue weighted by Crippen LogP contribution is -3.00. The van der Waals surface area contributed by atoms with Crippen LogP contribution in [0.1, 0.15) is 181 Å². The van der Waals surface area contributed by atoms with Gasteiger partial charge in [0.1, 0.15) is 0 Å². The maximum atomic E-state index is 2.51. The van der Waals surface area contributed by atoms with E-state index in [1.165, 1.54) is 178 Å². The molecule has 0 atom stereocenters. The minimum Gasteiger partial charge on any atom is -1.00 e. The summed E-state index contributed by atoms with van der Waals surface area (Å²) >= 11 is 0. The number of hydrogen-bond donors (Lipinski definition) is 0. The van der Waals surface area contributed by atoms with Crippen LogP contribution in [0.5, 0.6) is 0 Å². The molecule has 0 saturated carbocycles. The molecule has 212 valence electrons. The summed E-state index contributed by atoms with van der Waals surface area (Å²) in [5.74, 6) is 0. The molecule has 0 spiro atoms. The average Bonchev–Trinajstić information content (AvgIpc) is 2.84.